The smallest absolute Gasteiger partial charge is 0.257 e. The summed E-state index contributed by atoms with van der Waals surface area (Å²) in [6.45, 7) is -0.0738. The lowest BCUT2D eigenvalue weighted by Crippen LogP contribution is -2.35. The van der Waals surface area contributed by atoms with Gasteiger partial charge in [0.1, 0.15) is 11.5 Å². The molecule has 1 amide bonds. The summed E-state index contributed by atoms with van der Waals surface area (Å²) in [5.74, 6) is -1.10. The Kier molecular flexibility index (Phi) is 3.76. The third kappa shape index (κ3) is 3.00. The van der Waals surface area contributed by atoms with Crippen LogP contribution in [0.2, 0.25) is 0 Å². The summed E-state index contributed by atoms with van der Waals surface area (Å²) in [5.41, 5.74) is 5.28. The molecule has 1 rings (SSSR count). The number of rotatable bonds is 3. The van der Waals surface area contributed by atoms with Gasteiger partial charge in [-0.2, -0.15) is 0 Å². The molecule has 0 unspecified atom stereocenters. The first kappa shape index (κ1) is 12.6. The summed E-state index contributed by atoms with van der Waals surface area (Å²) >= 11 is 0. The molecular formula is C10H13N3O4. The van der Waals surface area contributed by atoms with Crippen LogP contribution in [0.1, 0.15) is 10.4 Å². The van der Waals surface area contributed by atoms with E-state index in [-0.39, 0.29) is 29.4 Å². The number of phenolic OH excluding ortho intramolecular Hbond substituents is 2. The Balaban J connectivity index is 2.89. The van der Waals surface area contributed by atoms with Crippen LogP contribution >= 0.6 is 0 Å². The number of amidine groups is 1. The van der Waals surface area contributed by atoms with Gasteiger partial charge in [-0.3, -0.25) is 4.79 Å². The van der Waals surface area contributed by atoms with E-state index >= 15 is 0 Å². The van der Waals surface area contributed by atoms with Crippen molar-refractivity contribution in [3.8, 4) is 11.5 Å². The Morgan fingerprint density at radius 3 is 2.65 bits per heavy atom. The van der Waals surface area contributed by atoms with Gasteiger partial charge in [0.25, 0.3) is 5.91 Å². The molecule has 0 bridgehead atoms. The second-order valence-corrected chi connectivity index (χ2v) is 3.45. The van der Waals surface area contributed by atoms with E-state index in [9.17, 15) is 9.90 Å². The van der Waals surface area contributed by atoms with Gasteiger partial charge in [0.2, 0.25) is 0 Å². The molecule has 0 aromatic heterocycles. The zero-order chi connectivity index (χ0) is 13.0. The zero-order valence-corrected chi connectivity index (χ0v) is 9.16. The first-order valence-electron chi connectivity index (χ1n) is 4.69. The van der Waals surface area contributed by atoms with Crippen molar-refractivity contribution in [2.24, 2.45) is 10.9 Å². The molecule has 17 heavy (non-hydrogen) atoms. The first-order chi connectivity index (χ1) is 7.95. The van der Waals surface area contributed by atoms with Crippen molar-refractivity contribution in [1.82, 2.24) is 4.90 Å². The fourth-order valence-electron chi connectivity index (χ4n) is 1.25. The molecule has 5 N–H and O–H groups in total. The SMILES string of the molecule is CN(C/C(N)=N/O)C(=O)c1ccc(O)cc1O. The maximum Gasteiger partial charge on any atom is 0.257 e. The van der Waals surface area contributed by atoms with E-state index in [4.69, 9.17) is 16.0 Å². The summed E-state index contributed by atoms with van der Waals surface area (Å²) in [6, 6.07) is 3.63. The molecule has 0 saturated heterocycles. The summed E-state index contributed by atoms with van der Waals surface area (Å²) in [4.78, 5) is 13.0. The Morgan fingerprint density at radius 1 is 1.47 bits per heavy atom. The predicted molar refractivity (Wildman–Crippen MR) is 60.1 cm³/mol. The van der Waals surface area contributed by atoms with Gasteiger partial charge in [0.05, 0.1) is 12.1 Å². The highest BCUT2D eigenvalue weighted by Crippen LogP contribution is 2.23. The average molecular weight is 239 g/mol. The van der Waals surface area contributed by atoms with Crippen LogP contribution in [0.25, 0.3) is 0 Å². The molecule has 0 aliphatic rings. The molecule has 1 aromatic carbocycles. The standard InChI is InChI=1S/C10H13N3O4/c1-13(5-9(11)12-17)10(16)7-3-2-6(14)4-8(7)15/h2-4,14-15,17H,5H2,1H3,(H2,11,12). The van der Waals surface area contributed by atoms with Crippen LogP contribution in [0, 0.1) is 0 Å². The monoisotopic (exact) mass is 239 g/mol. The van der Waals surface area contributed by atoms with Crippen LogP contribution in [-0.4, -0.2) is 45.7 Å². The minimum Gasteiger partial charge on any atom is -0.508 e. The lowest BCUT2D eigenvalue weighted by Gasteiger charge is -2.16. The van der Waals surface area contributed by atoms with Crippen LogP contribution < -0.4 is 5.73 Å². The van der Waals surface area contributed by atoms with E-state index in [0.717, 1.165) is 6.07 Å². The zero-order valence-electron chi connectivity index (χ0n) is 9.16. The van der Waals surface area contributed by atoms with Crippen LogP contribution in [-0.2, 0) is 0 Å². The third-order valence-electron chi connectivity index (χ3n) is 2.09. The van der Waals surface area contributed by atoms with Crippen LogP contribution in [0.15, 0.2) is 23.4 Å². The number of hydrogen-bond donors (Lipinski definition) is 4. The Labute approximate surface area is 97.4 Å². The topological polar surface area (TPSA) is 119 Å². The lowest BCUT2D eigenvalue weighted by molar-refractivity contribution is 0.0810. The molecule has 0 spiro atoms. The number of amides is 1. The number of benzene rings is 1. The van der Waals surface area contributed by atoms with Crippen LogP contribution in [0.5, 0.6) is 11.5 Å². The van der Waals surface area contributed by atoms with Gasteiger partial charge in [0, 0.05) is 13.1 Å². The molecule has 92 valence electrons. The molecule has 0 aliphatic heterocycles. The molecule has 0 heterocycles. The fourth-order valence-corrected chi connectivity index (χ4v) is 1.25. The Morgan fingerprint density at radius 2 is 2.12 bits per heavy atom. The second-order valence-electron chi connectivity index (χ2n) is 3.45. The molecule has 0 radical (unpaired) electrons. The van der Waals surface area contributed by atoms with Crippen LogP contribution in [0.4, 0.5) is 0 Å². The molecule has 0 atom stereocenters. The summed E-state index contributed by atoms with van der Waals surface area (Å²) in [5, 5.41) is 29.7. The summed E-state index contributed by atoms with van der Waals surface area (Å²) in [7, 11) is 1.44. The van der Waals surface area contributed by atoms with Gasteiger partial charge in [-0.1, -0.05) is 5.16 Å². The van der Waals surface area contributed by atoms with Gasteiger partial charge in [0.15, 0.2) is 5.84 Å². The van der Waals surface area contributed by atoms with E-state index in [1.54, 1.807) is 0 Å². The molecule has 0 aliphatic carbocycles. The maximum atomic E-state index is 11.8. The number of aromatic hydroxyl groups is 2. The number of likely N-dealkylation sites (N-methyl/N-ethyl adjacent to an activating group) is 1. The Bertz CT molecular complexity index is 459. The van der Waals surface area contributed by atoms with Crippen molar-refractivity contribution in [1.29, 1.82) is 0 Å². The van der Waals surface area contributed by atoms with E-state index < -0.39 is 5.91 Å². The molecule has 0 fully saturated rings. The summed E-state index contributed by atoms with van der Waals surface area (Å²) in [6.07, 6.45) is 0. The molecule has 1 aromatic rings. The second kappa shape index (κ2) is 5.06. The highest BCUT2D eigenvalue weighted by molar-refractivity contribution is 5.99. The minimum absolute atomic E-state index is 0.0241. The number of nitrogens with zero attached hydrogens (tertiary/aromatic N) is 2. The van der Waals surface area contributed by atoms with Gasteiger partial charge >= 0.3 is 0 Å². The van der Waals surface area contributed by atoms with Crippen molar-refractivity contribution in [3.05, 3.63) is 23.8 Å². The first-order valence-corrected chi connectivity index (χ1v) is 4.69. The normalized spacial score (nSPS) is 11.2. The minimum atomic E-state index is -0.505. The Hall–Kier alpha value is -2.44. The quantitative estimate of drug-likeness (QED) is 0.254. The van der Waals surface area contributed by atoms with E-state index in [1.807, 2.05) is 0 Å². The van der Waals surface area contributed by atoms with Crippen molar-refractivity contribution in [2.45, 2.75) is 0 Å². The largest absolute Gasteiger partial charge is 0.508 e. The predicted octanol–water partition coefficient (Wildman–Crippen LogP) is -0.0838. The van der Waals surface area contributed by atoms with Crippen LogP contribution in [0.3, 0.4) is 0 Å². The van der Waals surface area contributed by atoms with E-state index in [1.165, 1.54) is 24.1 Å². The number of hydrogen-bond acceptors (Lipinski definition) is 5. The van der Waals surface area contributed by atoms with Crippen molar-refractivity contribution < 1.29 is 20.2 Å². The van der Waals surface area contributed by atoms with E-state index in [2.05, 4.69) is 5.16 Å². The summed E-state index contributed by atoms with van der Waals surface area (Å²) < 4.78 is 0. The van der Waals surface area contributed by atoms with Crippen molar-refractivity contribution >= 4 is 11.7 Å². The lowest BCUT2D eigenvalue weighted by atomic mass is 10.1. The van der Waals surface area contributed by atoms with Crippen molar-refractivity contribution in [3.63, 3.8) is 0 Å². The fraction of sp³-hybridized carbons (Fsp3) is 0.200. The number of carbonyl (C=O) groups excluding carboxylic acids is 1. The average Bonchev–Trinajstić information content (AvgIpc) is 2.28. The molecule has 7 nitrogen and oxygen atoms in total. The van der Waals surface area contributed by atoms with Gasteiger partial charge in [-0.05, 0) is 12.1 Å². The molecule has 7 heteroatoms. The maximum absolute atomic E-state index is 11.8. The van der Waals surface area contributed by atoms with E-state index in [0.29, 0.717) is 0 Å². The number of carbonyl (C=O) groups is 1. The number of phenols is 2. The highest BCUT2D eigenvalue weighted by atomic mass is 16.4. The molecular weight excluding hydrogens is 226 g/mol. The van der Waals surface area contributed by atoms with Crippen molar-refractivity contribution in [2.75, 3.05) is 13.6 Å². The highest BCUT2D eigenvalue weighted by Gasteiger charge is 2.16. The molecule has 0 saturated carbocycles. The number of oxime groups is 1. The van der Waals surface area contributed by atoms with Gasteiger partial charge < -0.3 is 26.1 Å². The van der Waals surface area contributed by atoms with Gasteiger partial charge in [-0.25, -0.2) is 0 Å². The third-order valence-corrected chi connectivity index (χ3v) is 2.09. The van der Waals surface area contributed by atoms with Gasteiger partial charge in [-0.15, -0.1) is 0 Å². The number of nitrogens with two attached hydrogens (primary N) is 1.